The summed E-state index contributed by atoms with van der Waals surface area (Å²) in [6.07, 6.45) is 5.84. The van der Waals surface area contributed by atoms with Crippen LogP contribution in [0.15, 0.2) is 12.3 Å². The predicted molar refractivity (Wildman–Crippen MR) is 54.8 cm³/mol. The van der Waals surface area contributed by atoms with E-state index in [0.717, 1.165) is 26.1 Å². The standard InChI is InChI=1S/C9H20O2Si/c1-4-7-10-8-5-6-9-11-12(2)3/h4,7,12H,5-6,8-9H2,1-3H3. The molecule has 0 aliphatic carbocycles. The van der Waals surface area contributed by atoms with Gasteiger partial charge in [-0.1, -0.05) is 6.08 Å². The van der Waals surface area contributed by atoms with Crippen molar-refractivity contribution in [1.29, 1.82) is 0 Å². The van der Waals surface area contributed by atoms with Crippen molar-refractivity contribution in [2.24, 2.45) is 0 Å². The second kappa shape index (κ2) is 8.81. The van der Waals surface area contributed by atoms with E-state index in [-0.39, 0.29) is 0 Å². The van der Waals surface area contributed by atoms with E-state index < -0.39 is 9.04 Å². The summed E-state index contributed by atoms with van der Waals surface area (Å²) >= 11 is 0. The Balaban J connectivity index is 2.91. The summed E-state index contributed by atoms with van der Waals surface area (Å²) in [5.41, 5.74) is 0. The maximum atomic E-state index is 5.51. The molecule has 0 unspecified atom stereocenters. The fraction of sp³-hybridized carbons (Fsp3) is 0.778. The number of rotatable bonds is 7. The van der Waals surface area contributed by atoms with Crippen molar-refractivity contribution in [3.8, 4) is 0 Å². The zero-order chi connectivity index (χ0) is 9.23. The Hall–Kier alpha value is -0.283. The van der Waals surface area contributed by atoms with Crippen molar-refractivity contribution in [2.45, 2.75) is 32.9 Å². The lowest BCUT2D eigenvalue weighted by Gasteiger charge is -2.05. The molecule has 0 radical (unpaired) electrons. The van der Waals surface area contributed by atoms with E-state index in [1.54, 1.807) is 6.26 Å². The Morgan fingerprint density at radius 1 is 1.17 bits per heavy atom. The monoisotopic (exact) mass is 188 g/mol. The molecule has 0 saturated carbocycles. The molecule has 0 aromatic heterocycles. The minimum Gasteiger partial charge on any atom is -0.502 e. The Morgan fingerprint density at radius 2 is 1.83 bits per heavy atom. The van der Waals surface area contributed by atoms with Crippen molar-refractivity contribution in [1.82, 2.24) is 0 Å². The smallest absolute Gasteiger partial charge is 0.170 e. The molecule has 72 valence electrons. The molecule has 0 aliphatic heterocycles. The highest BCUT2D eigenvalue weighted by Gasteiger charge is 1.94. The van der Waals surface area contributed by atoms with Crippen LogP contribution in [0.5, 0.6) is 0 Å². The minimum absolute atomic E-state index is 0.790. The molecule has 0 rings (SSSR count). The molecule has 0 aromatic carbocycles. The first-order valence-electron chi connectivity index (χ1n) is 4.61. The minimum atomic E-state index is -0.790. The van der Waals surface area contributed by atoms with Crippen LogP contribution in [0.2, 0.25) is 13.1 Å². The third kappa shape index (κ3) is 9.72. The van der Waals surface area contributed by atoms with E-state index in [4.69, 9.17) is 9.16 Å². The predicted octanol–water partition coefficient (Wildman–Crippen LogP) is 2.32. The lowest BCUT2D eigenvalue weighted by molar-refractivity contribution is 0.225. The van der Waals surface area contributed by atoms with Gasteiger partial charge in [0.05, 0.1) is 12.9 Å². The van der Waals surface area contributed by atoms with Gasteiger partial charge in [-0.15, -0.1) is 0 Å². The lowest BCUT2D eigenvalue weighted by Crippen LogP contribution is -2.08. The Bertz CT molecular complexity index is 113. The van der Waals surface area contributed by atoms with Crippen LogP contribution in [0.3, 0.4) is 0 Å². The average molecular weight is 188 g/mol. The highest BCUT2D eigenvalue weighted by atomic mass is 28.3. The fourth-order valence-corrected chi connectivity index (χ4v) is 1.41. The van der Waals surface area contributed by atoms with Crippen molar-refractivity contribution in [3.63, 3.8) is 0 Å². The maximum Gasteiger partial charge on any atom is 0.170 e. The summed E-state index contributed by atoms with van der Waals surface area (Å²) < 4.78 is 10.7. The molecule has 0 N–H and O–H groups in total. The molecule has 0 aromatic rings. The largest absolute Gasteiger partial charge is 0.502 e. The molecule has 0 saturated heterocycles. The first-order valence-corrected chi connectivity index (χ1v) is 7.39. The summed E-state index contributed by atoms with van der Waals surface area (Å²) in [7, 11) is -0.790. The molecule has 0 amide bonds. The molecule has 2 nitrogen and oxygen atoms in total. The van der Waals surface area contributed by atoms with Crippen molar-refractivity contribution in [2.75, 3.05) is 13.2 Å². The van der Waals surface area contributed by atoms with Crippen LogP contribution in [-0.4, -0.2) is 22.3 Å². The third-order valence-corrected chi connectivity index (χ3v) is 2.24. The number of ether oxygens (including phenoxy) is 1. The van der Waals surface area contributed by atoms with Crippen LogP contribution in [0.25, 0.3) is 0 Å². The third-order valence-electron chi connectivity index (χ3n) is 1.34. The van der Waals surface area contributed by atoms with Gasteiger partial charge in [-0.2, -0.15) is 0 Å². The van der Waals surface area contributed by atoms with Crippen LogP contribution >= 0.6 is 0 Å². The number of allylic oxidation sites excluding steroid dienone is 1. The molecule has 0 aliphatic rings. The highest BCUT2D eigenvalue weighted by Crippen LogP contribution is 1.93. The van der Waals surface area contributed by atoms with E-state index in [9.17, 15) is 0 Å². The highest BCUT2D eigenvalue weighted by molar-refractivity contribution is 6.48. The quantitative estimate of drug-likeness (QED) is 0.347. The molecular formula is C9H20O2Si. The van der Waals surface area contributed by atoms with Crippen LogP contribution < -0.4 is 0 Å². The molecule has 3 heteroatoms. The molecule has 0 atom stereocenters. The van der Waals surface area contributed by atoms with Crippen LogP contribution in [-0.2, 0) is 9.16 Å². The Morgan fingerprint density at radius 3 is 2.42 bits per heavy atom. The van der Waals surface area contributed by atoms with E-state index in [1.807, 2.05) is 13.0 Å². The van der Waals surface area contributed by atoms with Gasteiger partial charge in [-0.25, -0.2) is 0 Å². The fourth-order valence-electron chi connectivity index (χ4n) is 0.771. The second-order valence-electron chi connectivity index (χ2n) is 2.97. The van der Waals surface area contributed by atoms with E-state index in [0.29, 0.717) is 0 Å². The number of unbranched alkanes of at least 4 members (excludes halogenated alkanes) is 1. The van der Waals surface area contributed by atoms with Crippen LogP contribution in [0, 0.1) is 0 Å². The van der Waals surface area contributed by atoms with Gasteiger partial charge < -0.3 is 9.16 Å². The summed E-state index contributed by atoms with van der Waals surface area (Å²) in [6.45, 7) is 8.05. The first-order chi connectivity index (χ1) is 5.77. The van der Waals surface area contributed by atoms with Crippen molar-refractivity contribution < 1.29 is 9.16 Å². The van der Waals surface area contributed by atoms with Gasteiger partial charge >= 0.3 is 0 Å². The van der Waals surface area contributed by atoms with E-state index in [2.05, 4.69) is 13.1 Å². The summed E-state index contributed by atoms with van der Waals surface area (Å²) in [4.78, 5) is 0. The van der Waals surface area contributed by atoms with E-state index in [1.165, 1.54) is 0 Å². The number of hydrogen-bond donors (Lipinski definition) is 0. The molecule has 0 bridgehead atoms. The van der Waals surface area contributed by atoms with Crippen molar-refractivity contribution >= 4 is 9.04 Å². The van der Waals surface area contributed by atoms with Crippen LogP contribution in [0.4, 0.5) is 0 Å². The Kier molecular flexibility index (Phi) is 8.60. The summed E-state index contributed by atoms with van der Waals surface area (Å²) in [5, 5.41) is 0. The SMILES string of the molecule is CC=COCCCCO[SiH](C)C. The first kappa shape index (κ1) is 11.7. The van der Waals surface area contributed by atoms with Gasteiger partial charge in [0.25, 0.3) is 0 Å². The summed E-state index contributed by atoms with van der Waals surface area (Å²) in [6, 6.07) is 0. The molecule has 0 heterocycles. The van der Waals surface area contributed by atoms with Gasteiger partial charge in [-0.05, 0) is 32.9 Å². The van der Waals surface area contributed by atoms with E-state index >= 15 is 0 Å². The van der Waals surface area contributed by atoms with Crippen LogP contribution in [0.1, 0.15) is 19.8 Å². The Labute approximate surface area is 77.3 Å². The summed E-state index contributed by atoms with van der Waals surface area (Å²) in [5.74, 6) is 0. The normalized spacial score (nSPS) is 11.3. The zero-order valence-electron chi connectivity index (χ0n) is 8.38. The molecule has 0 spiro atoms. The zero-order valence-corrected chi connectivity index (χ0v) is 9.53. The number of hydrogen-bond acceptors (Lipinski definition) is 2. The molecular weight excluding hydrogens is 168 g/mol. The molecule has 0 fully saturated rings. The van der Waals surface area contributed by atoms with Crippen molar-refractivity contribution in [3.05, 3.63) is 12.3 Å². The maximum absolute atomic E-state index is 5.51. The molecule has 12 heavy (non-hydrogen) atoms. The van der Waals surface area contributed by atoms with Gasteiger partial charge in [0.2, 0.25) is 0 Å². The van der Waals surface area contributed by atoms with Gasteiger partial charge in [-0.3, -0.25) is 0 Å². The van der Waals surface area contributed by atoms with Gasteiger partial charge in [0, 0.05) is 6.61 Å². The lowest BCUT2D eigenvalue weighted by atomic mass is 10.3. The average Bonchev–Trinajstić information content (AvgIpc) is 2.02. The second-order valence-corrected chi connectivity index (χ2v) is 5.40. The van der Waals surface area contributed by atoms with Gasteiger partial charge in [0.15, 0.2) is 9.04 Å². The van der Waals surface area contributed by atoms with Gasteiger partial charge in [0.1, 0.15) is 0 Å². The topological polar surface area (TPSA) is 18.5 Å².